The maximum atomic E-state index is 14.0. The van der Waals surface area contributed by atoms with Crippen molar-refractivity contribution >= 4 is 11.7 Å². The number of Topliss-reactive ketones (excluding diaryl/α,β-unsaturated/α-hetero) is 1. The molecule has 4 rings (SSSR count). The Kier molecular flexibility index (Phi) is 5.72. The third kappa shape index (κ3) is 3.89. The van der Waals surface area contributed by atoms with Crippen molar-refractivity contribution in [3.05, 3.63) is 70.6 Å². The van der Waals surface area contributed by atoms with Gasteiger partial charge in [-0.2, -0.15) is 0 Å². The Hall–Kier alpha value is -2.93. The van der Waals surface area contributed by atoms with E-state index >= 15 is 0 Å². The summed E-state index contributed by atoms with van der Waals surface area (Å²) in [5.74, 6) is -1.66. The summed E-state index contributed by atoms with van der Waals surface area (Å²) in [5.41, 5.74) is 0.372. The van der Waals surface area contributed by atoms with E-state index in [0.717, 1.165) is 25.9 Å². The van der Waals surface area contributed by atoms with Gasteiger partial charge < -0.3 is 19.3 Å². The third-order valence-corrected chi connectivity index (χ3v) is 5.78. The molecular weight excluding hydrogens is 387 g/mol. The molecule has 0 spiro atoms. The highest BCUT2D eigenvalue weighted by atomic mass is 19.1. The van der Waals surface area contributed by atoms with Gasteiger partial charge in [0, 0.05) is 13.1 Å². The van der Waals surface area contributed by atoms with Crippen LogP contribution in [-0.2, 0) is 4.79 Å². The van der Waals surface area contributed by atoms with E-state index in [2.05, 4.69) is 4.90 Å². The normalized spacial score (nSPS) is 20.3. The van der Waals surface area contributed by atoms with Gasteiger partial charge >= 0.3 is 0 Å². The largest absolute Gasteiger partial charge is 0.503 e. The van der Waals surface area contributed by atoms with Crippen molar-refractivity contribution in [2.24, 2.45) is 0 Å². The monoisotopic (exact) mass is 412 g/mol. The second kappa shape index (κ2) is 8.44. The minimum absolute atomic E-state index is 0.0427. The van der Waals surface area contributed by atoms with E-state index in [-0.39, 0.29) is 11.3 Å². The maximum absolute atomic E-state index is 14.0. The molecule has 0 saturated carbocycles. The predicted molar refractivity (Wildman–Crippen MR) is 109 cm³/mol. The van der Waals surface area contributed by atoms with E-state index in [1.807, 2.05) is 0 Å². The number of ketones is 1. The fourth-order valence-electron chi connectivity index (χ4n) is 4.26. The van der Waals surface area contributed by atoms with Gasteiger partial charge in [-0.05, 0) is 62.7 Å². The molecule has 0 bridgehead atoms. The number of carbonyl (C=O) groups is 2. The Balaban J connectivity index is 1.68. The standard InChI is InChI=1S/C23H25FN2O4/c1-15-8-9-18(30-15)21(27)19-20(16-6-5-7-17(24)14-16)26(23(29)22(19)28)13-12-25-10-3-2-4-11-25/h5-9,14,20,28H,2-4,10-13H2,1H3. The number of furan rings is 1. The smallest absolute Gasteiger partial charge is 0.290 e. The molecule has 158 valence electrons. The van der Waals surface area contributed by atoms with E-state index in [4.69, 9.17) is 4.42 Å². The van der Waals surface area contributed by atoms with Crippen LogP contribution >= 0.6 is 0 Å². The van der Waals surface area contributed by atoms with Crippen molar-refractivity contribution < 1.29 is 23.5 Å². The molecule has 7 heteroatoms. The summed E-state index contributed by atoms with van der Waals surface area (Å²) in [5, 5.41) is 10.6. The van der Waals surface area contributed by atoms with Gasteiger partial charge in [0.1, 0.15) is 11.6 Å². The second-order valence-corrected chi connectivity index (χ2v) is 7.86. The Bertz CT molecular complexity index is 991. The number of aliphatic hydroxyl groups excluding tert-OH is 1. The van der Waals surface area contributed by atoms with Crippen LogP contribution in [0.15, 0.2) is 52.1 Å². The zero-order valence-electron chi connectivity index (χ0n) is 16.9. The van der Waals surface area contributed by atoms with Gasteiger partial charge in [-0.3, -0.25) is 9.59 Å². The summed E-state index contributed by atoms with van der Waals surface area (Å²) in [6.07, 6.45) is 3.44. The lowest BCUT2D eigenvalue weighted by Crippen LogP contribution is -2.40. The van der Waals surface area contributed by atoms with E-state index < -0.39 is 29.3 Å². The molecule has 3 heterocycles. The van der Waals surface area contributed by atoms with Crippen LogP contribution in [0.25, 0.3) is 0 Å². The van der Waals surface area contributed by atoms with Gasteiger partial charge in [0.15, 0.2) is 11.5 Å². The van der Waals surface area contributed by atoms with E-state index in [9.17, 15) is 19.1 Å². The number of nitrogens with zero attached hydrogens (tertiary/aromatic N) is 2. The predicted octanol–water partition coefficient (Wildman–Crippen LogP) is 3.79. The Labute approximate surface area is 174 Å². The van der Waals surface area contributed by atoms with Gasteiger partial charge in [0.25, 0.3) is 5.91 Å². The molecule has 1 atom stereocenters. The number of carbonyl (C=O) groups excluding carboxylic acids is 2. The van der Waals surface area contributed by atoms with E-state index in [1.165, 1.54) is 35.6 Å². The molecule has 6 nitrogen and oxygen atoms in total. The molecule has 1 aromatic carbocycles. The zero-order chi connectivity index (χ0) is 21.3. The number of aryl methyl sites for hydroxylation is 1. The average molecular weight is 412 g/mol. The van der Waals surface area contributed by atoms with Crippen LogP contribution in [0.1, 0.15) is 47.2 Å². The fourth-order valence-corrected chi connectivity index (χ4v) is 4.26. The molecule has 0 radical (unpaired) electrons. The number of halogens is 1. The van der Waals surface area contributed by atoms with Crippen LogP contribution < -0.4 is 0 Å². The molecule has 2 aromatic rings. The summed E-state index contributed by atoms with van der Waals surface area (Å²) < 4.78 is 19.4. The molecule has 2 aliphatic rings. The molecule has 1 amide bonds. The first-order valence-corrected chi connectivity index (χ1v) is 10.3. The van der Waals surface area contributed by atoms with Crippen molar-refractivity contribution in [2.75, 3.05) is 26.2 Å². The van der Waals surface area contributed by atoms with Crippen LogP contribution in [0.2, 0.25) is 0 Å². The first kappa shape index (κ1) is 20.3. The molecule has 1 unspecified atom stereocenters. The summed E-state index contributed by atoms with van der Waals surface area (Å²) in [7, 11) is 0. The highest BCUT2D eigenvalue weighted by molar-refractivity contribution is 6.15. The van der Waals surface area contributed by atoms with Gasteiger partial charge in [-0.1, -0.05) is 18.6 Å². The zero-order valence-corrected chi connectivity index (χ0v) is 16.9. The highest BCUT2D eigenvalue weighted by Crippen LogP contribution is 2.39. The Morgan fingerprint density at radius 2 is 1.93 bits per heavy atom. The van der Waals surface area contributed by atoms with Crippen molar-refractivity contribution in [2.45, 2.75) is 32.2 Å². The number of rotatable bonds is 6. The lowest BCUT2D eigenvalue weighted by Gasteiger charge is -2.31. The Morgan fingerprint density at radius 1 is 1.17 bits per heavy atom. The van der Waals surface area contributed by atoms with Crippen molar-refractivity contribution in [3.8, 4) is 0 Å². The number of piperidine rings is 1. The first-order valence-electron chi connectivity index (χ1n) is 10.3. The van der Waals surface area contributed by atoms with Gasteiger partial charge in [0.2, 0.25) is 5.78 Å². The van der Waals surface area contributed by atoms with Gasteiger partial charge in [-0.15, -0.1) is 0 Å². The number of likely N-dealkylation sites (tertiary alicyclic amines) is 1. The van der Waals surface area contributed by atoms with Crippen molar-refractivity contribution in [3.63, 3.8) is 0 Å². The van der Waals surface area contributed by atoms with Crippen LogP contribution in [0.5, 0.6) is 0 Å². The van der Waals surface area contributed by atoms with Gasteiger partial charge in [-0.25, -0.2) is 4.39 Å². The molecular formula is C23H25FN2O4. The van der Waals surface area contributed by atoms with Gasteiger partial charge in [0.05, 0.1) is 11.6 Å². The number of aliphatic hydroxyl groups is 1. The molecule has 1 aromatic heterocycles. The number of hydrogen-bond donors (Lipinski definition) is 1. The topological polar surface area (TPSA) is 74.0 Å². The van der Waals surface area contributed by atoms with Crippen LogP contribution in [0.4, 0.5) is 4.39 Å². The lowest BCUT2D eigenvalue weighted by molar-refractivity contribution is -0.129. The minimum Gasteiger partial charge on any atom is -0.503 e. The lowest BCUT2D eigenvalue weighted by atomic mass is 9.95. The number of hydrogen-bond acceptors (Lipinski definition) is 5. The van der Waals surface area contributed by atoms with Crippen molar-refractivity contribution in [1.29, 1.82) is 0 Å². The van der Waals surface area contributed by atoms with Crippen LogP contribution in [0, 0.1) is 12.7 Å². The van der Waals surface area contributed by atoms with E-state index in [0.29, 0.717) is 24.4 Å². The van der Waals surface area contributed by atoms with E-state index in [1.54, 1.807) is 19.1 Å². The number of benzene rings is 1. The molecule has 2 aliphatic heterocycles. The molecule has 0 aliphatic carbocycles. The summed E-state index contributed by atoms with van der Waals surface area (Å²) in [6, 6.07) is 8.09. The minimum atomic E-state index is -0.865. The number of amides is 1. The quantitative estimate of drug-likeness (QED) is 0.731. The summed E-state index contributed by atoms with van der Waals surface area (Å²) in [4.78, 5) is 29.8. The fraction of sp³-hybridized carbons (Fsp3) is 0.391. The first-order chi connectivity index (χ1) is 14.5. The van der Waals surface area contributed by atoms with Crippen LogP contribution in [0.3, 0.4) is 0 Å². The molecule has 1 fully saturated rings. The maximum Gasteiger partial charge on any atom is 0.290 e. The second-order valence-electron chi connectivity index (χ2n) is 7.86. The highest BCUT2D eigenvalue weighted by Gasteiger charge is 2.44. The molecule has 30 heavy (non-hydrogen) atoms. The third-order valence-electron chi connectivity index (χ3n) is 5.78. The Morgan fingerprint density at radius 3 is 2.60 bits per heavy atom. The van der Waals surface area contributed by atoms with Crippen molar-refractivity contribution in [1.82, 2.24) is 9.80 Å². The van der Waals surface area contributed by atoms with Crippen LogP contribution in [-0.4, -0.2) is 52.8 Å². The average Bonchev–Trinajstić information content (AvgIpc) is 3.28. The summed E-state index contributed by atoms with van der Waals surface area (Å²) in [6.45, 7) is 4.59. The molecule has 1 N–H and O–H groups in total. The summed E-state index contributed by atoms with van der Waals surface area (Å²) >= 11 is 0. The molecule has 1 saturated heterocycles. The SMILES string of the molecule is Cc1ccc(C(=O)C2=C(O)C(=O)N(CCN3CCCCC3)C2c2cccc(F)c2)o1.